The Kier molecular flexibility index (Phi) is 3.90. The van der Waals surface area contributed by atoms with Crippen LogP contribution in [0.5, 0.6) is 0 Å². The molecule has 1 aromatic heterocycles. The largest absolute Gasteiger partial charge is 0.362 e. The minimum atomic E-state index is -0.372. The number of hydrogen-bond acceptors (Lipinski definition) is 4. The summed E-state index contributed by atoms with van der Waals surface area (Å²) in [5, 5.41) is 7.32. The SMILES string of the molecule is O=C1NC2(CCN(Cc3ccncc3)CC2)Nc2cc(Cl)ccc21. The molecule has 0 aliphatic carbocycles. The normalized spacial score (nSPS) is 19.5. The number of likely N-dealkylation sites (tertiary alicyclic amines) is 1. The standard InChI is InChI=1S/C18H19ClN4O/c19-14-1-2-15-16(11-14)21-18(22-17(15)24)5-9-23(10-6-18)12-13-3-7-20-8-4-13/h1-4,7-8,11,21H,5-6,9-10,12H2,(H,22,24). The average molecular weight is 343 g/mol. The zero-order valence-corrected chi connectivity index (χ0v) is 14.0. The van der Waals surface area contributed by atoms with E-state index in [4.69, 9.17) is 11.6 Å². The maximum absolute atomic E-state index is 12.4. The fraction of sp³-hybridized carbons (Fsp3) is 0.333. The first-order valence-corrected chi connectivity index (χ1v) is 8.53. The van der Waals surface area contributed by atoms with Gasteiger partial charge in [-0.1, -0.05) is 11.6 Å². The van der Waals surface area contributed by atoms with E-state index in [0.29, 0.717) is 10.6 Å². The van der Waals surface area contributed by atoms with Crippen LogP contribution in [0.4, 0.5) is 5.69 Å². The molecule has 3 heterocycles. The van der Waals surface area contributed by atoms with Crippen molar-refractivity contribution in [2.45, 2.75) is 25.0 Å². The van der Waals surface area contributed by atoms with Gasteiger partial charge < -0.3 is 10.6 Å². The summed E-state index contributed by atoms with van der Waals surface area (Å²) in [5.41, 5.74) is 2.38. The molecule has 4 rings (SSSR count). The Balaban J connectivity index is 1.46. The van der Waals surface area contributed by atoms with Gasteiger partial charge in [-0.25, -0.2) is 0 Å². The summed E-state index contributed by atoms with van der Waals surface area (Å²) in [6, 6.07) is 9.44. The molecule has 24 heavy (non-hydrogen) atoms. The molecule has 0 unspecified atom stereocenters. The molecule has 2 N–H and O–H groups in total. The molecule has 1 fully saturated rings. The zero-order valence-electron chi connectivity index (χ0n) is 13.3. The fourth-order valence-electron chi connectivity index (χ4n) is 3.48. The molecule has 1 amide bonds. The maximum atomic E-state index is 12.4. The number of piperidine rings is 1. The average Bonchev–Trinajstić information content (AvgIpc) is 2.58. The number of carbonyl (C=O) groups is 1. The van der Waals surface area contributed by atoms with Gasteiger partial charge in [0.15, 0.2) is 0 Å². The molecule has 0 atom stereocenters. The molecular weight excluding hydrogens is 324 g/mol. The summed E-state index contributed by atoms with van der Waals surface area (Å²) in [6.45, 7) is 2.76. The predicted octanol–water partition coefficient (Wildman–Crippen LogP) is 2.88. The molecule has 124 valence electrons. The van der Waals surface area contributed by atoms with E-state index in [1.807, 2.05) is 30.6 Å². The van der Waals surface area contributed by atoms with Crippen molar-refractivity contribution in [2.24, 2.45) is 0 Å². The van der Waals surface area contributed by atoms with Crippen molar-refractivity contribution in [3.63, 3.8) is 0 Å². The van der Waals surface area contributed by atoms with Crippen molar-refractivity contribution in [1.82, 2.24) is 15.2 Å². The van der Waals surface area contributed by atoms with Crippen molar-refractivity contribution in [2.75, 3.05) is 18.4 Å². The highest BCUT2D eigenvalue weighted by atomic mass is 35.5. The number of carbonyl (C=O) groups excluding carboxylic acids is 1. The third kappa shape index (κ3) is 2.97. The molecule has 1 spiro atoms. The first-order valence-electron chi connectivity index (χ1n) is 8.15. The molecule has 0 saturated carbocycles. The Labute approximate surface area is 146 Å². The molecule has 2 aliphatic rings. The van der Waals surface area contributed by atoms with Gasteiger partial charge in [-0.05, 0) is 35.9 Å². The van der Waals surface area contributed by atoms with Crippen molar-refractivity contribution in [1.29, 1.82) is 0 Å². The van der Waals surface area contributed by atoms with Crippen LogP contribution in [0.3, 0.4) is 0 Å². The lowest BCUT2D eigenvalue weighted by atomic mass is 9.92. The van der Waals surface area contributed by atoms with E-state index < -0.39 is 0 Å². The molecule has 6 heteroatoms. The van der Waals surface area contributed by atoms with Gasteiger partial charge >= 0.3 is 0 Å². The summed E-state index contributed by atoms with van der Waals surface area (Å²) in [6.07, 6.45) is 5.36. The first kappa shape index (κ1) is 15.4. The number of anilines is 1. The van der Waals surface area contributed by atoms with E-state index in [1.165, 1.54) is 5.56 Å². The van der Waals surface area contributed by atoms with E-state index in [9.17, 15) is 4.79 Å². The van der Waals surface area contributed by atoms with E-state index in [0.717, 1.165) is 38.2 Å². The topological polar surface area (TPSA) is 57.3 Å². The number of aromatic nitrogens is 1. The summed E-state index contributed by atoms with van der Waals surface area (Å²) in [5.74, 6) is -0.0250. The van der Waals surface area contributed by atoms with Gasteiger partial charge in [0.2, 0.25) is 0 Å². The van der Waals surface area contributed by atoms with Gasteiger partial charge in [-0.15, -0.1) is 0 Å². The van der Waals surface area contributed by atoms with Crippen LogP contribution in [0.15, 0.2) is 42.7 Å². The number of benzene rings is 1. The Morgan fingerprint density at radius 3 is 2.62 bits per heavy atom. The van der Waals surface area contributed by atoms with Gasteiger partial charge in [-0.2, -0.15) is 0 Å². The van der Waals surface area contributed by atoms with Crippen LogP contribution in [0.25, 0.3) is 0 Å². The summed E-state index contributed by atoms with van der Waals surface area (Å²) >= 11 is 6.08. The van der Waals surface area contributed by atoms with Crippen molar-refractivity contribution in [3.05, 3.63) is 58.9 Å². The Bertz CT molecular complexity index is 757. The lowest BCUT2D eigenvalue weighted by molar-refractivity contribution is 0.0822. The third-order valence-electron chi connectivity index (χ3n) is 4.82. The molecule has 0 radical (unpaired) electrons. The Hall–Kier alpha value is -2.11. The number of nitrogens with one attached hydrogen (secondary N) is 2. The van der Waals surface area contributed by atoms with Crippen LogP contribution >= 0.6 is 11.6 Å². The van der Waals surface area contributed by atoms with Gasteiger partial charge in [-0.3, -0.25) is 14.7 Å². The van der Waals surface area contributed by atoms with Crippen molar-refractivity contribution < 1.29 is 4.79 Å². The van der Waals surface area contributed by atoms with E-state index in [2.05, 4.69) is 20.5 Å². The molecule has 0 bridgehead atoms. The highest BCUT2D eigenvalue weighted by Crippen LogP contribution is 2.33. The summed E-state index contributed by atoms with van der Waals surface area (Å²) in [7, 11) is 0. The second-order valence-corrected chi connectivity index (χ2v) is 6.92. The van der Waals surface area contributed by atoms with Crippen LogP contribution in [-0.4, -0.2) is 34.5 Å². The Morgan fingerprint density at radius 1 is 1.12 bits per heavy atom. The van der Waals surface area contributed by atoms with Gasteiger partial charge in [0.1, 0.15) is 5.66 Å². The minimum absolute atomic E-state index is 0.0250. The maximum Gasteiger partial charge on any atom is 0.255 e. The summed E-state index contributed by atoms with van der Waals surface area (Å²) < 4.78 is 0. The lowest BCUT2D eigenvalue weighted by Gasteiger charge is -2.46. The van der Waals surface area contributed by atoms with Crippen LogP contribution < -0.4 is 10.6 Å². The number of pyridine rings is 1. The second-order valence-electron chi connectivity index (χ2n) is 6.48. The Morgan fingerprint density at radius 2 is 1.88 bits per heavy atom. The highest BCUT2D eigenvalue weighted by Gasteiger charge is 2.40. The van der Waals surface area contributed by atoms with Crippen LogP contribution in [0.2, 0.25) is 5.02 Å². The monoisotopic (exact) mass is 342 g/mol. The third-order valence-corrected chi connectivity index (χ3v) is 5.05. The number of halogens is 1. The van der Waals surface area contributed by atoms with Crippen LogP contribution in [-0.2, 0) is 6.54 Å². The molecule has 5 nitrogen and oxygen atoms in total. The smallest absolute Gasteiger partial charge is 0.255 e. The van der Waals surface area contributed by atoms with Crippen molar-refractivity contribution in [3.8, 4) is 0 Å². The number of fused-ring (bicyclic) bond motifs is 1. The molecule has 2 aromatic rings. The number of amides is 1. The van der Waals surface area contributed by atoms with Gasteiger partial charge in [0, 0.05) is 49.9 Å². The predicted molar refractivity (Wildman–Crippen MR) is 94.0 cm³/mol. The van der Waals surface area contributed by atoms with E-state index >= 15 is 0 Å². The molecule has 1 aromatic carbocycles. The van der Waals surface area contributed by atoms with E-state index in [1.54, 1.807) is 12.1 Å². The minimum Gasteiger partial charge on any atom is -0.362 e. The highest BCUT2D eigenvalue weighted by molar-refractivity contribution is 6.31. The van der Waals surface area contributed by atoms with Crippen LogP contribution in [0.1, 0.15) is 28.8 Å². The van der Waals surface area contributed by atoms with Crippen molar-refractivity contribution >= 4 is 23.2 Å². The zero-order chi connectivity index (χ0) is 16.6. The van der Waals surface area contributed by atoms with Crippen LogP contribution in [0, 0.1) is 0 Å². The van der Waals surface area contributed by atoms with E-state index in [-0.39, 0.29) is 11.6 Å². The number of hydrogen-bond donors (Lipinski definition) is 2. The molecule has 1 saturated heterocycles. The van der Waals surface area contributed by atoms with Gasteiger partial charge in [0.25, 0.3) is 5.91 Å². The lowest BCUT2D eigenvalue weighted by Crippen LogP contribution is -2.62. The number of nitrogens with zero attached hydrogens (tertiary/aromatic N) is 2. The number of rotatable bonds is 2. The summed E-state index contributed by atoms with van der Waals surface area (Å²) in [4.78, 5) is 18.9. The quantitative estimate of drug-likeness (QED) is 0.881. The molecular formula is C18H19ClN4O. The second kappa shape index (κ2) is 6.07. The first-order chi connectivity index (χ1) is 11.6. The van der Waals surface area contributed by atoms with Gasteiger partial charge in [0.05, 0.1) is 11.3 Å². The fourth-order valence-corrected chi connectivity index (χ4v) is 3.65. The molecule has 2 aliphatic heterocycles.